The monoisotopic (exact) mass is 430 g/mol. The Labute approximate surface area is 132 Å². The van der Waals surface area contributed by atoms with Crippen molar-refractivity contribution in [2.45, 2.75) is 49.2 Å². The first-order chi connectivity index (χ1) is 11.2. The zero-order chi connectivity index (χ0) is 21.4. The van der Waals surface area contributed by atoms with Gasteiger partial charge in [0.25, 0.3) is 6.17 Å². The Morgan fingerprint density at radius 3 is 1.38 bits per heavy atom. The Bertz CT molecular complexity index is 453. The van der Waals surface area contributed by atoms with Crippen molar-refractivity contribution in [3.63, 3.8) is 0 Å². The lowest BCUT2D eigenvalue weighted by Crippen LogP contribution is -2.59. The van der Waals surface area contributed by atoms with Gasteiger partial charge in [0, 0.05) is 0 Å². The summed E-state index contributed by atoms with van der Waals surface area (Å²) in [5, 5.41) is 0. The molecule has 0 spiro atoms. The van der Waals surface area contributed by atoms with E-state index in [-0.39, 0.29) is 0 Å². The second-order valence-corrected chi connectivity index (χ2v) is 4.39. The standard InChI is InChI=1S/C9H5F15O2/c10-2(8(20,21)22)9(23,24)26-4(25-1-5(13,14)15)7(18,19)6(16,17)3(11)12/h2-4H,1H2. The lowest BCUT2D eigenvalue weighted by molar-refractivity contribution is -0.432. The first-order valence-electron chi connectivity index (χ1n) is 5.64. The minimum absolute atomic E-state index is 2.31. The number of alkyl halides is 15. The maximum atomic E-state index is 13.2. The molecular weight excluding hydrogens is 425 g/mol. The molecule has 0 aromatic rings. The summed E-state index contributed by atoms with van der Waals surface area (Å²) in [6, 6.07) is 0. The summed E-state index contributed by atoms with van der Waals surface area (Å²) in [6.07, 6.45) is -34.6. The van der Waals surface area contributed by atoms with E-state index in [2.05, 4.69) is 9.47 Å². The molecule has 0 amide bonds. The van der Waals surface area contributed by atoms with Crippen LogP contribution in [0.4, 0.5) is 65.9 Å². The van der Waals surface area contributed by atoms with Crippen LogP contribution >= 0.6 is 0 Å². The van der Waals surface area contributed by atoms with E-state index in [1.54, 1.807) is 0 Å². The van der Waals surface area contributed by atoms with Gasteiger partial charge in [0.15, 0.2) is 0 Å². The van der Waals surface area contributed by atoms with Crippen molar-refractivity contribution in [1.29, 1.82) is 0 Å². The third-order valence-corrected chi connectivity index (χ3v) is 2.26. The number of ether oxygens (including phenoxy) is 2. The molecule has 0 heterocycles. The van der Waals surface area contributed by atoms with Crippen LogP contribution in [0.15, 0.2) is 0 Å². The largest absolute Gasteiger partial charge is 0.428 e. The summed E-state index contributed by atoms with van der Waals surface area (Å²) < 4.78 is 190. The third-order valence-electron chi connectivity index (χ3n) is 2.26. The highest BCUT2D eigenvalue weighted by Crippen LogP contribution is 2.46. The van der Waals surface area contributed by atoms with Gasteiger partial charge in [-0.1, -0.05) is 0 Å². The molecule has 0 fully saturated rings. The SMILES string of the molecule is FC(C(F)(F)F)C(F)(F)OC(OCC(F)(F)F)C(F)(F)C(F)(F)C(F)F. The van der Waals surface area contributed by atoms with Gasteiger partial charge in [-0.25, -0.2) is 13.2 Å². The molecule has 0 saturated carbocycles. The fourth-order valence-corrected chi connectivity index (χ4v) is 1.08. The molecule has 0 aliphatic heterocycles. The molecular formula is C9H5F15O2. The van der Waals surface area contributed by atoms with Crippen molar-refractivity contribution in [3.8, 4) is 0 Å². The van der Waals surface area contributed by atoms with Gasteiger partial charge in [0.05, 0.1) is 0 Å². The lowest BCUT2D eigenvalue weighted by Gasteiger charge is -2.35. The average molecular weight is 430 g/mol. The molecule has 17 heteroatoms. The van der Waals surface area contributed by atoms with Gasteiger partial charge in [-0.05, 0) is 0 Å². The zero-order valence-electron chi connectivity index (χ0n) is 11.4. The van der Waals surface area contributed by atoms with E-state index in [0.29, 0.717) is 0 Å². The molecule has 2 unspecified atom stereocenters. The summed E-state index contributed by atoms with van der Waals surface area (Å²) >= 11 is 0. The summed E-state index contributed by atoms with van der Waals surface area (Å²) in [4.78, 5) is 0. The van der Waals surface area contributed by atoms with E-state index in [1.807, 2.05) is 0 Å². The highest BCUT2D eigenvalue weighted by Gasteiger charge is 2.71. The van der Waals surface area contributed by atoms with Gasteiger partial charge in [0.2, 0.25) is 6.29 Å². The Kier molecular flexibility index (Phi) is 7.15. The van der Waals surface area contributed by atoms with Crippen molar-refractivity contribution >= 4 is 0 Å². The Hall–Kier alpha value is -1.13. The van der Waals surface area contributed by atoms with E-state index < -0.39 is 55.8 Å². The third kappa shape index (κ3) is 5.95. The van der Waals surface area contributed by atoms with E-state index in [4.69, 9.17) is 0 Å². The van der Waals surface area contributed by atoms with Crippen LogP contribution in [0, 0.1) is 0 Å². The van der Waals surface area contributed by atoms with Crippen LogP contribution in [0.25, 0.3) is 0 Å². The minimum Gasteiger partial charge on any atom is -0.337 e. The Balaban J connectivity index is 5.82. The molecule has 0 saturated heterocycles. The maximum Gasteiger partial charge on any atom is 0.428 e. The quantitative estimate of drug-likeness (QED) is 0.402. The minimum atomic E-state index is -6.72. The van der Waals surface area contributed by atoms with E-state index in [0.717, 1.165) is 0 Å². The molecule has 0 aliphatic carbocycles. The van der Waals surface area contributed by atoms with Crippen molar-refractivity contribution < 1.29 is 75.3 Å². The molecule has 0 aromatic carbocycles. The molecule has 0 aromatic heterocycles. The number of halogens is 15. The predicted octanol–water partition coefficient (Wildman–Crippen LogP) is 4.94. The van der Waals surface area contributed by atoms with Crippen molar-refractivity contribution in [1.82, 2.24) is 0 Å². The van der Waals surface area contributed by atoms with Crippen LogP contribution in [0.3, 0.4) is 0 Å². The van der Waals surface area contributed by atoms with E-state index in [1.165, 1.54) is 0 Å². The second-order valence-electron chi connectivity index (χ2n) is 4.39. The second kappa shape index (κ2) is 7.47. The summed E-state index contributed by atoms with van der Waals surface area (Å²) in [6.45, 7) is -3.11. The molecule has 2 nitrogen and oxygen atoms in total. The van der Waals surface area contributed by atoms with Crippen molar-refractivity contribution in [2.24, 2.45) is 0 Å². The predicted molar refractivity (Wildman–Crippen MR) is 48.7 cm³/mol. The summed E-state index contributed by atoms with van der Waals surface area (Å²) in [7, 11) is 0. The normalized spacial score (nSPS) is 17.5. The topological polar surface area (TPSA) is 18.5 Å². The molecule has 158 valence electrons. The number of hydrogen-bond donors (Lipinski definition) is 0. The van der Waals surface area contributed by atoms with Gasteiger partial charge in [0.1, 0.15) is 6.61 Å². The number of rotatable bonds is 8. The highest BCUT2D eigenvalue weighted by molar-refractivity contribution is 4.91. The van der Waals surface area contributed by atoms with Crippen LogP contribution in [0.2, 0.25) is 0 Å². The zero-order valence-corrected chi connectivity index (χ0v) is 11.4. The first kappa shape index (κ1) is 24.9. The summed E-state index contributed by atoms with van der Waals surface area (Å²) in [5.74, 6) is -13.4. The fraction of sp³-hybridized carbons (Fsp3) is 1.00. The maximum absolute atomic E-state index is 13.2. The van der Waals surface area contributed by atoms with Crippen LogP contribution in [-0.2, 0) is 9.47 Å². The molecule has 0 N–H and O–H groups in total. The van der Waals surface area contributed by atoms with Crippen LogP contribution in [0.5, 0.6) is 0 Å². The fourth-order valence-electron chi connectivity index (χ4n) is 1.08. The highest BCUT2D eigenvalue weighted by atomic mass is 19.4. The van der Waals surface area contributed by atoms with Gasteiger partial charge in [-0.15, -0.1) is 0 Å². The Morgan fingerprint density at radius 1 is 0.654 bits per heavy atom. The van der Waals surface area contributed by atoms with E-state index >= 15 is 0 Å². The van der Waals surface area contributed by atoms with Crippen LogP contribution in [0.1, 0.15) is 0 Å². The van der Waals surface area contributed by atoms with E-state index in [9.17, 15) is 65.9 Å². The number of hydrogen-bond acceptors (Lipinski definition) is 2. The Morgan fingerprint density at radius 2 is 1.08 bits per heavy atom. The van der Waals surface area contributed by atoms with Crippen molar-refractivity contribution in [3.05, 3.63) is 0 Å². The average Bonchev–Trinajstić information content (AvgIpc) is 2.39. The molecule has 0 aliphatic rings. The van der Waals surface area contributed by atoms with Gasteiger partial charge in [-0.3, -0.25) is 4.74 Å². The molecule has 2 atom stereocenters. The molecule has 0 rings (SSSR count). The molecule has 26 heavy (non-hydrogen) atoms. The van der Waals surface area contributed by atoms with Crippen LogP contribution in [-0.4, -0.2) is 55.8 Å². The smallest absolute Gasteiger partial charge is 0.337 e. The first-order valence-corrected chi connectivity index (χ1v) is 5.64. The molecule has 0 bridgehead atoms. The lowest BCUT2D eigenvalue weighted by atomic mass is 10.1. The van der Waals surface area contributed by atoms with Gasteiger partial charge >= 0.3 is 36.7 Å². The van der Waals surface area contributed by atoms with Crippen molar-refractivity contribution in [2.75, 3.05) is 6.61 Å². The molecule has 0 radical (unpaired) electrons. The summed E-state index contributed by atoms with van der Waals surface area (Å²) in [5.41, 5.74) is 0. The van der Waals surface area contributed by atoms with Gasteiger partial charge in [-0.2, -0.15) is 52.7 Å². The van der Waals surface area contributed by atoms with Crippen LogP contribution < -0.4 is 0 Å². The van der Waals surface area contributed by atoms with Gasteiger partial charge < -0.3 is 4.74 Å².